The van der Waals surface area contributed by atoms with Crippen LogP contribution in [0, 0.1) is 0 Å². The van der Waals surface area contributed by atoms with Gasteiger partial charge in [0.05, 0.1) is 0 Å². The SMILES string of the molecule is CC(CC1CCCN1)NCC(C)S(C)=O. The summed E-state index contributed by atoms with van der Waals surface area (Å²) in [4.78, 5) is 0. The standard InChI is InChI=1S/C11H24N2OS/c1-9(7-11-5-4-6-12-11)13-8-10(2)15(3)14/h9-13H,4-8H2,1-3H3. The van der Waals surface area contributed by atoms with Gasteiger partial charge in [-0.05, 0) is 39.7 Å². The fraction of sp³-hybridized carbons (Fsp3) is 1.00. The Labute approximate surface area is 95.9 Å². The van der Waals surface area contributed by atoms with E-state index in [9.17, 15) is 4.21 Å². The van der Waals surface area contributed by atoms with Crippen LogP contribution in [0.25, 0.3) is 0 Å². The van der Waals surface area contributed by atoms with Gasteiger partial charge >= 0.3 is 0 Å². The molecule has 1 aliphatic heterocycles. The van der Waals surface area contributed by atoms with E-state index >= 15 is 0 Å². The van der Waals surface area contributed by atoms with E-state index in [-0.39, 0.29) is 5.25 Å². The predicted octanol–water partition coefficient (Wildman–Crippen LogP) is 0.874. The molecule has 0 radical (unpaired) electrons. The van der Waals surface area contributed by atoms with Crippen molar-refractivity contribution in [1.29, 1.82) is 0 Å². The van der Waals surface area contributed by atoms with E-state index in [0.717, 1.165) is 6.54 Å². The molecule has 0 bridgehead atoms. The minimum atomic E-state index is -0.709. The number of hydrogen-bond acceptors (Lipinski definition) is 3. The Kier molecular flexibility index (Phi) is 5.79. The zero-order valence-corrected chi connectivity index (χ0v) is 10.9. The topological polar surface area (TPSA) is 41.1 Å². The molecule has 90 valence electrons. The third kappa shape index (κ3) is 5.09. The van der Waals surface area contributed by atoms with Gasteiger partial charge in [0.25, 0.3) is 0 Å². The van der Waals surface area contributed by atoms with E-state index in [1.807, 2.05) is 6.92 Å². The highest BCUT2D eigenvalue weighted by atomic mass is 32.2. The molecule has 4 atom stereocenters. The van der Waals surface area contributed by atoms with Crippen LogP contribution in [0.5, 0.6) is 0 Å². The van der Waals surface area contributed by atoms with Crippen molar-refractivity contribution in [2.75, 3.05) is 19.3 Å². The summed E-state index contributed by atoms with van der Waals surface area (Å²) < 4.78 is 11.2. The number of hydrogen-bond donors (Lipinski definition) is 2. The molecule has 15 heavy (non-hydrogen) atoms. The molecule has 1 heterocycles. The molecule has 0 aromatic rings. The molecule has 0 saturated carbocycles. The van der Waals surface area contributed by atoms with Gasteiger partial charge in [0.15, 0.2) is 0 Å². The third-order valence-electron chi connectivity index (χ3n) is 3.12. The Balaban J connectivity index is 2.12. The first-order valence-corrected chi connectivity index (χ1v) is 7.50. The summed E-state index contributed by atoms with van der Waals surface area (Å²) in [6.07, 6.45) is 5.58. The molecule has 0 spiro atoms. The summed E-state index contributed by atoms with van der Waals surface area (Å²) in [6.45, 7) is 6.28. The Bertz CT molecular complexity index is 205. The van der Waals surface area contributed by atoms with Crippen LogP contribution in [-0.4, -0.2) is 40.9 Å². The average Bonchev–Trinajstić information content (AvgIpc) is 2.66. The van der Waals surface area contributed by atoms with Crippen LogP contribution in [0.3, 0.4) is 0 Å². The fourth-order valence-electron chi connectivity index (χ4n) is 1.95. The highest BCUT2D eigenvalue weighted by molar-refractivity contribution is 7.84. The first-order chi connectivity index (χ1) is 7.09. The Morgan fingerprint density at radius 1 is 1.53 bits per heavy atom. The third-order valence-corrected chi connectivity index (χ3v) is 4.42. The maximum atomic E-state index is 11.2. The first kappa shape index (κ1) is 13.1. The monoisotopic (exact) mass is 232 g/mol. The second-order valence-electron chi connectivity index (χ2n) is 4.65. The molecule has 4 unspecified atom stereocenters. The zero-order valence-electron chi connectivity index (χ0n) is 10.1. The largest absolute Gasteiger partial charge is 0.314 e. The first-order valence-electron chi connectivity index (χ1n) is 5.88. The smallest absolute Gasteiger partial charge is 0.0441 e. The van der Waals surface area contributed by atoms with Gasteiger partial charge in [0.1, 0.15) is 0 Å². The molecule has 1 rings (SSSR count). The van der Waals surface area contributed by atoms with Gasteiger partial charge in [-0.3, -0.25) is 4.21 Å². The summed E-state index contributed by atoms with van der Waals surface area (Å²) >= 11 is 0. The second-order valence-corrected chi connectivity index (χ2v) is 6.45. The summed E-state index contributed by atoms with van der Waals surface area (Å²) in [5.74, 6) is 0. The van der Waals surface area contributed by atoms with Crippen LogP contribution in [-0.2, 0) is 10.8 Å². The Hall–Kier alpha value is 0.0700. The van der Waals surface area contributed by atoms with Crippen LogP contribution in [0.4, 0.5) is 0 Å². The molecular weight excluding hydrogens is 208 g/mol. The molecule has 0 aromatic heterocycles. The molecule has 3 nitrogen and oxygen atoms in total. The Morgan fingerprint density at radius 3 is 2.80 bits per heavy atom. The molecule has 1 aliphatic rings. The van der Waals surface area contributed by atoms with Crippen molar-refractivity contribution in [1.82, 2.24) is 10.6 Å². The van der Waals surface area contributed by atoms with Gasteiger partial charge in [-0.15, -0.1) is 0 Å². The van der Waals surface area contributed by atoms with Gasteiger partial charge in [-0.2, -0.15) is 0 Å². The minimum Gasteiger partial charge on any atom is -0.314 e. The van der Waals surface area contributed by atoms with Crippen molar-refractivity contribution in [3.63, 3.8) is 0 Å². The lowest BCUT2D eigenvalue weighted by Gasteiger charge is -2.19. The molecule has 0 aliphatic carbocycles. The predicted molar refractivity (Wildman–Crippen MR) is 66.6 cm³/mol. The van der Waals surface area contributed by atoms with Crippen molar-refractivity contribution in [3.05, 3.63) is 0 Å². The fourth-order valence-corrected chi connectivity index (χ4v) is 2.28. The van der Waals surface area contributed by atoms with E-state index in [1.165, 1.54) is 25.8 Å². The summed E-state index contributed by atoms with van der Waals surface area (Å²) in [5.41, 5.74) is 0. The van der Waals surface area contributed by atoms with Crippen LogP contribution in [0.15, 0.2) is 0 Å². The van der Waals surface area contributed by atoms with E-state index in [0.29, 0.717) is 12.1 Å². The second kappa shape index (κ2) is 6.61. The van der Waals surface area contributed by atoms with Crippen molar-refractivity contribution in [2.45, 2.75) is 50.4 Å². The van der Waals surface area contributed by atoms with Gasteiger partial charge in [-0.25, -0.2) is 0 Å². The normalized spacial score (nSPS) is 27.5. The van der Waals surface area contributed by atoms with Crippen molar-refractivity contribution in [2.24, 2.45) is 0 Å². The van der Waals surface area contributed by atoms with E-state index in [2.05, 4.69) is 17.6 Å². The van der Waals surface area contributed by atoms with Gasteiger partial charge in [-0.1, -0.05) is 0 Å². The average molecular weight is 232 g/mol. The summed E-state index contributed by atoms with van der Waals surface area (Å²) in [5, 5.41) is 7.21. The Morgan fingerprint density at radius 2 is 2.27 bits per heavy atom. The van der Waals surface area contributed by atoms with Crippen molar-refractivity contribution < 1.29 is 4.21 Å². The lowest BCUT2D eigenvalue weighted by Crippen LogP contribution is -2.38. The maximum absolute atomic E-state index is 11.2. The molecule has 1 fully saturated rings. The number of rotatable bonds is 6. The molecule has 2 N–H and O–H groups in total. The van der Waals surface area contributed by atoms with Crippen molar-refractivity contribution in [3.8, 4) is 0 Å². The van der Waals surface area contributed by atoms with Crippen LogP contribution in [0.2, 0.25) is 0 Å². The van der Waals surface area contributed by atoms with Gasteiger partial charge in [0, 0.05) is 40.9 Å². The highest BCUT2D eigenvalue weighted by Gasteiger charge is 2.17. The molecule has 4 heteroatoms. The van der Waals surface area contributed by atoms with Crippen molar-refractivity contribution >= 4 is 10.8 Å². The summed E-state index contributed by atoms with van der Waals surface area (Å²) in [7, 11) is -0.709. The minimum absolute atomic E-state index is 0.254. The number of nitrogens with one attached hydrogen (secondary N) is 2. The van der Waals surface area contributed by atoms with E-state index in [1.54, 1.807) is 6.26 Å². The maximum Gasteiger partial charge on any atom is 0.0441 e. The molecular formula is C11H24N2OS. The zero-order chi connectivity index (χ0) is 11.3. The van der Waals surface area contributed by atoms with Crippen LogP contribution < -0.4 is 10.6 Å². The summed E-state index contributed by atoms with van der Waals surface area (Å²) in [6, 6.07) is 1.21. The highest BCUT2D eigenvalue weighted by Crippen LogP contribution is 2.10. The lowest BCUT2D eigenvalue weighted by molar-refractivity contribution is 0.442. The van der Waals surface area contributed by atoms with Crippen LogP contribution in [0.1, 0.15) is 33.1 Å². The molecule has 0 amide bonds. The quantitative estimate of drug-likeness (QED) is 0.714. The van der Waals surface area contributed by atoms with E-state index < -0.39 is 10.8 Å². The molecule has 1 saturated heterocycles. The lowest BCUT2D eigenvalue weighted by atomic mass is 10.1. The van der Waals surface area contributed by atoms with Gasteiger partial charge < -0.3 is 10.6 Å². The molecule has 0 aromatic carbocycles. The van der Waals surface area contributed by atoms with E-state index in [4.69, 9.17) is 0 Å². The van der Waals surface area contributed by atoms with Crippen LogP contribution >= 0.6 is 0 Å². The van der Waals surface area contributed by atoms with Gasteiger partial charge in [0.2, 0.25) is 0 Å².